The minimum atomic E-state index is -0.441. The highest BCUT2D eigenvalue weighted by Gasteiger charge is 2.31. The van der Waals surface area contributed by atoms with Crippen LogP contribution in [0, 0.1) is 0 Å². The highest BCUT2D eigenvalue weighted by molar-refractivity contribution is 6.35. The van der Waals surface area contributed by atoms with Crippen LogP contribution in [-0.4, -0.2) is 53.8 Å². The largest absolute Gasteiger partial charge is 0.345 e. The van der Waals surface area contributed by atoms with Gasteiger partial charge in [0, 0.05) is 38.3 Å². The van der Waals surface area contributed by atoms with Gasteiger partial charge in [-0.15, -0.1) is 0 Å². The van der Waals surface area contributed by atoms with Crippen LogP contribution in [0.3, 0.4) is 0 Å². The molecule has 1 saturated heterocycles. The molecule has 2 aromatic carbocycles. The van der Waals surface area contributed by atoms with E-state index < -0.39 is 5.91 Å². The predicted octanol–water partition coefficient (Wildman–Crippen LogP) is 2.32. The summed E-state index contributed by atoms with van der Waals surface area (Å²) in [6, 6.07) is 15.5. The molecule has 5 nitrogen and oxygen atoms in total. The summed E-state index contributed by atoms with van der Waals surface area (Å²) in [6.07, 6.45) is 1.99. The van der Waals surface area contributed by atoms with E-state index in [9.17, 15) is 9.59 Å². The van der Waals surface area contributed by atoms with Gasteiger partial charge in [-0.05, 0) is 42.2 Å². The zero-order valence-electron chi connectivity index (χ0n) is 15.1. The topological polar surface area (TPSA) is 52.7 Å². The van der Waals surface area contributed by atoms with E-state index in [1.165, 1.54) is 16.3 Å². The third kappa shape index (κ3) is 3.58. The van der Waals surface area contributed by atoms with Crippen molar-refractivity contribution < 1.29 is 9.59 Å². The van der Waals surface area contributed by atoms with Crippen LogP contribution >= 0.6 is 0 Å². The highest BCUT2D eigenvalue weighted by Crippen LogP contribution is 2.25. The fourth-order valence-electron chi connectivity index (χ4n) is 3.61. The second-order valence-corrected chi connectivity index (χ2v) is 7.36. The number of benzene rings is 2. The lowest BCUT2D eigenvalue weighted by atomic mass is 10.0. The fourth-order valence-corrected chi connectivity index (χ4v) is 3.61. The number of rotatable bonds is 3. The van der Waals surface area contributed by atoms with Crippen LogP contribution in [0.1, 0.15) is 31.4 Å². The number of hydrogen-bond donors (Lipinski definition) is 1. The molecule has 1 saturated carbocycles. The molecule has 1 aliphatic carbocycles. The molecular weight excluding hydrogens is 326 g/mol. The predicted molar refractivity (Wildman–Crippen MR) is 102 cm³/mol. The monoisotopic (exact) mass is 351 g/mol. The van der Waals surface area contributed by atoms with E-state index in [4.69, 9.17) is 0 Å². The first-order valence-corrected chi connectivity index (χ1v) is 9.44. The van der Waals surface area contributed by atoms with E-state index in [1.54, 1.807) is 4.90 Å². The van der Waals surface area contributed by atoms with Crippen molar-refractivity contribution in [1.29, 1.82) is 0 Å². The molecule has 1 N–H and O–H groups in total. The number of amides is 2. The van der Waals surface area contributed by atoms with Gasteiger partial charge in [-0.25, -0.2) is 0 Å². The maximum atomic E-state index is 12.2. The van der Waals surface area contributed by atoms with Gasteiger partial charge in [0.05, 0.1) is 0 Å². The Kier molecular flexibility index (Phi) is 4.64. The minimum absolute atomic E-state index is 0.223. The van der Waals surface area contributed by atoms with Crippen molar-refractivity contribution in [3.05, 3.63) is 48.0 Å². The summed E-state index contributed by atoms with van der Waals surface area (Å²) in [6.45, 7) is 5.00. The van der Waals surface area contributed by atoms with E-state index in [0.29, 0.717) is 13.1 Å². The van der Waals surface area contributed by atoms with Gasteiger partial charge in [-0.1, -0.05) is 36.4 Å². The zero-order valence-corrected chi connectivity index (χ0v) is 15.1. The average Bonchev–Trinajstić information content (AvgIpc) is 3.50. The molecule has 136 valence electrons. The summed E-state index contributed by atoms with van der Waals surface area (Å²) >= 11 is 0. The third-order valence-electron chi connectivity index (χ3n) is 5.51. The van der Waals surface area contributed by atoms with Crippen LogP contribution in [0.25, 0.3) is 10.8 Å². The van der Waals surface area contributed by atoms with Crippen molar-refractivity contribution in [3.63, 3.8) is 0 Å². The molecule has 0 bridgehead atoms. The molecule has 26 heavy (non-hydrogen) atoms. The number of carbonyl (C=O) groups excluding carboxylic acids is 2. The van der Waals surface area contributed by atoms with Crippen molar-refractivity contribution in [2.75, 3.05) is 26.2 Å². The molecule has 4 rings (SSSR count). The van der Waals surface area contributed by atoms with Crippen LogP contribution in [-0.2, 0) is 9.59 Å². The molecule has 1 heterocycles. The summed E-state index contributed by atoms with van der Waals surface area (Å²) < 4.78 is 0. The Morgan fingerprint density at radius 1 is 1.00 bits per heavy atom. The summed E-state index contributed by atoms with van der Waals surface area (Å²) in [7, 11) is 0. The first-order chi connectivity index (χ1) is 12.6. The fraction of sp³-hybridized carbons (Fsp3) is 0.429. The molecule has 5 heteroatoms. The van der Waals surface area contributed by atoms with Crippen molar-refractivity contribution in [2.24, 2.45) is 0 Å². The number of nitrogens with zero attached hydrogens (tertiary/aromatic N) is 2. The van der Waals surface area contributed by atoms with E-state index >= 15 is 0 Å². The van der Waals surface area contributed by atoms with Crippen LogP contribution < -0.4 is 5.32 Å². The highest BCUT2D eigenvalue weighted by atomic mass is 16.2. The Bertz CT molecular complexity index is 823. The Hall–Kier alpha value is -2.40. The molecular formula is C21H25N3O2. The van der Waals surface area contributed by atoms with E-state index in [1.807, 2.05) is 0 Å². The Morgan fingerprint density at radius 3 is 2.38 bits per heavy atom. The quantitative estimate of drug-likeness (QED) is 0.864. The number of fused-ring (bicyclic) bond motifs is 1. The lowest BCUT2D eigenvalue weighted by Crippen LogP contribution is -2.53. The normalized spacial score (nSPS) is 19.3. The van der Waals surface area contributed by atoms with Gasteiger partial charge >= 0.3 is 11.8 Å². The summed E-state index contributed by atoms with van der Waals surface area (Å²) in [4.78, 5) is 28.3. The number of piperazine rings is 1. The summed E-state index contributed by atoms with van der Waals surface area (Å²) in [5, 5.41) is 5.29. The molecule has 1 atom stereocenters. The second kappa shape index (κ2) is 7.08. The van der Waals surface area contributed by atoms with E-state index in [-0.39, 0.29) is 18.0 Å². The number of carbonyl (C=O) groups is 2. The van der Waals surface area contributed by atoms with Gasteiger partial charge < -0.3 is 10.2 Å². The standard InChI is InChI=1S/C21H25N3O2/c1-15(17-7-6-16-4-2-3-5-18(16)14-17)23-10-12-24(13-11-23)21(26)20(25)22-19-8-9-19/h2-7,14-15,19H,8-13H2,1H3,(H,22,25). The number of nitrogens with one attached hydrogen (secondary N) is 1. The van der Waals surface area contributed by atoms with E-state index in [2.05, 4.69) is 59.6 Å². The van der Waals surface area contributed by atoms with Crippen molar-refractivity contribution >= 4 is 22.6 Å². The smallest absolute Gasteiger partial charge is 0.311 e. The van der Waals surface area contributed by atoms with E-state index in [0.717, 1.165) is 25.9 Å². The van der Waals surface area contributed by atoms with Gasteiger partial charge in [-0.2, -0.15) is 0 Å². The van der Waals surface area contributed by atoms with Gasteiger partial charge in [0.1, 0.15) is 0 Å². The maximum Gasteiger partial charge on any atom is 0.311 e. The molecule has 0 spiro atoms. The maximum absolute atomic E-state index is 12.2. The molecule has 0 radical (unpaired) electrons. The second-order valence-electron chi connectivity index (χ2n) is 7.36. The molecule has 2 aliphatic rings. The van der Waals surface area contributed by atoms with Gasteiger partial charge in [0.15, 0.2) is 0 Å². The van der Waals surface area contributed by atoms with Crippen molar-refractivity contribution in [2.45, 2.75) is 31.8 Å². The zero-order chi connectivity index (χ0) is 18.1. The van der Waals surface area contributed by atoms with Crippen LogP contribution in [0.4, 0.5) is 0 Å². The van der Waals surface area contributed by atoms with Gasteiger partial charge in [0.2, 0.25) is 0 Å². The lowest BCUT2D eigenvalue weighted by Gasteiger charge is -2.38. The van der Waals surface area contributed by atoms with Crippen LogP contribution in [0.2, 0.25) is 0 Å². The Morgan fingerprint density at radius 2 is 1.69 bits per heavy atom. The van der Waals surface area contributed by atoms with Gasteiger partial charge in [0.25, 0.3) is 0 Å². The SMILES string of the molecule is CC(c1ccc2ccccc2c1)N1CCN(C(=O)C(=O)NC2CC2)CC1. The Balaban J connectivity index is 1.37. The Labute approximate surface area is 154 Å². The average molecular weight is 351 g/mol. The van der Waals surface area contributed by atoms with Gasteiger partial charge in [-0.3, -0.25) is 14.5 Å². The van der Waals surface area contributed by atoms with Crippen LogP contribution in [0.5, 0.6) is 0 Å². The molecule has 1 unspecified atom stereocenters. The minimum Gasteiger partial charge on any atom is -0.345 e. The third-order valence-corrected chi connectivity index (χ3v) is 5.51. The summed E-state index contributed by atoms with van der Waals surface area (Å²) in [5.41, 5.74) is 1.29. The molecule has 0 aromatic heterocycles. The molecule has 2 amide bonds. The molecule has 2 aromatic rings. The van der Waals surface area contributed by atoms with Crippen molar-refractivity contribution in [1.82, 2.24) is 15.1 Å². The molecule has 2 fully saturated rings. The van der Waals surface area contributed by atoms with Crippen LogP contribution in [0.15, 0.2) is 42.5 Å². The lowest BCUT2D eigenvalue weighted by molar-refractivity contribution is -0.147. The van der Waals surface area contributed by atoms with Crippen molar-refractivity contribution in [3.8, 4) is 0 Å². The first kappa shape index (κ1) is 17.0. The summed E-state index contributed by atoms with van der Waals surface area (Å²) in [5.74, 6) is -0.821. The number of hydrogen-bond acceptors (Lipinski definition) is 3. The first-order valence-electron chi connectivity index (χ1n) is 9.44. The molecule has 1 aliphatic heterocycles.